The van der Waals surface area contributed by atoms with Gasteiger partial charge in [-0.3, -0.25) is 41.8 Å². The smallest absolute Gasteiger partial charge is 0.705 e. The summed E-state index contributed by atoms with van der Waals surface area (Å²) in [7, 11) is 0. The number of esters is 3. The SMILES string of the molecule is CCC(=O)O.[CH-]=C/C=C\[N-]CC(C[CH2-])(COCC(CO)(COC(=O)CCN1CC1)COC(=O)CCN1CC1C)COC(=O)CCN1CC1C.[Ir+3]. The number of rotatable bonds is 26. The Hall–Kier alpha value is -2.39. The van der Waals surface area contributed by atoms with Crippen LogP contribution in [0.5, 0.6) is 0 Å². The van der Waals surface area contributed by atoms with Gasteiger partial charge in [0.1, 0.15) is 13.2 Å². The Labute approximate surface area is 311 Å². The van der Waals surface area contributed by atoms with Gasteiger partial charge in [-0.25, -0.2) is 12.2 Å². The minimum absolute atomic E-state index is 0. The second-order valence-corrected chi connectivity index (χ2v) is 13.3. The zero-order chi connectivity index (χ0) is 36.3. The van der Waals surface area contributed by atoms with Crippen LogP contribution in [-0.2, 0) is 58.2 Å². The number of carboxylic acids is 1. The Balaban J connectivity index is 0.00000194. The largest absolute Gasteiger partial charge is 3.00 e. The third-order valence-electron chi connectivity index (χ3n) is 8.69. The number of carbonyl (C=O) groups is 4. The number of aliphatic carboxylic acids is 1. The maximum absolute atomic E-state index is 12.5. The van der Waals surface area contributed by atoms with Crippen LogP contribution in [0.3, 0.4) is 0 Å². The summed E-state index contributed by atoms with van der Waals surface area (Å²) in [5.74, 6) is -1.84. The van der Waals surface area contributed by atoms with Gasteiger partial charge in [0, 0.05) is 64.3 Å². The summed E-state index contributed by atoms with van der Waals surface area (Å²) >= 11 is 0. The summed E-state index contributed by atoms with van der Waals surface area (Å²) in [5.41, 5.74) is -1.94. The van der Waals surface area contributed by atoms with Crippen molar-refractivity contribution in [3.8, 4) is 0 Å². The van der Waals surface area contributed by atoms with Gasteiger partial charge in [0.15, 0.2) is 0 Å². The van der Waals surface area contributed by atoms with Crippen molar-refractivity contribution >= 4 is 23.9 Å². The van der Waals surface area contributed by atoms with E-state index in [-0.39, 0.29) is 91.3 Å². The van der Waals surface area contributed by atoms with Gasteiger partial charge >= 0.3 is 44.0 Å². The summed E-state index contributed by atoms with van der Waals surface area (Å²) < 4.78 is 22.9. The Morgan fingerprint density at radius 2 is 1.30 bits per heavy atom. The fourth-order valence-corrected chi connectivity index (χ4v) is 4.60. The maximum Gasteiger partial charge on any atom is 3.00 e. The van der Waals surface area contributed by atoms with Crippen molar-refractivity contribution in [1.82, 2.24) is 14.7 Å². The average Bonchev–Trinajstić information content (AvgIpc) is 4.02. The van der Waals surface area contributed by atoms with Gasteiger partial charge in [-0.05, 0) is 19.3 Å². The number of hydrogen-bond donors (Lipinski definition) is 2. The van der Waals surface area contributed by atoms with Gasteiger partial charge in [0.05, 0.1) is 51.1 Å². The van der Waals surface area contributed by atoms with Gasteiger partial charge in [-0.15, -0.1) is 6.54 Å². The van der Waals surface area contributed by atoms with Crippen LogP contribution >= 0.6 is 0 Å². The maximum atomic E-state index is 12.5. The van der Waals surface area contributed by atoms with E-state index in [1.165, 1.54) is 6.08 Å². The predicted octanol–water partition coefficient (Wildman–Crippen LogP) is 2.07. The van der Waals surface area contributed by atoms with E-state index in [1.54, 1.807) is 19.2 Å². The van der Waals surface area contributed by atoms with E-state index in [0.717, 1.165) is 26.2 Å². The van der Waals surface area contributed by atoms with Crippen LogP contribution in [0.2, 0.25) is 0 Å². The number of carbonyl (C=O) groups excluding carboxylic acids is 3. The molecule has 6 atom stereocenters. The molecule has 3 aliphatic heterocycles. The number of ether oxygens (including phenoxy) is 4. The van der Waals surface area contributed by atoms with E-state index in [4.69, 9.17) is 30.6 Å². The van der Waals surface area contributed by atoms with Crippen molar-refractivity contribution in [2.75, 3.05) is 92.0 Å². The number of hydrogen-bond acceptors (Lipinski definition) is 12. The van der Waals surface area contributed by atoms with E-state index >= 15 is 0 Å². The second-order valence-electron chi connectivity index (χ2n) is 13.3. The molecule has 286 valence electrons. The molecule has 2 N–H and O–H groups in total. The van der Waals surface area contributed by atoms with Crippen LogP contribution in [0.25, 0.3) is 5.32 Å². The normalized spacial score (nSPS) is 22.7. The monoisotopic (exact) mass is 886 g/mol. The third-order valence-corrected chi connectivity index (χ3v) is 8.69. The minimum Gasteiger partial charge on any atom is -0.705 e. The Morgan fingerprint density at radius 1 is 0.860 bits per heavy atom. The number of carboxylic acid groups (broad SMARTS) is 1. The summed E-state index contributed by atoms with van der Waals surface area (Å²) in [6.07, 6.45) is 5.82. The molecular formula is C35H57IrN4O10. The third kappa shape index (κ3) is 19.3. The molecular weight excluding hydrogens is 829 g/mol. The van der Waals surface area contributed by atoms with Crippen molar-refractivity contribution in [3.05, 3.63) is 37.2 Å². The standard InChI is InChI=1S/C32H51N4O8.C3H6O2.Ir/c1-5-7-11-33-19-31(6-2,23-42-29(39)9-13-35-17-26(35)3)21-41-22-32(20-37,24-43-28(38)8-12-34-15-16-34)25-44-30(40)10-14-36-18-27(36)4;1-2-3(4)5;/h1,5,7,11,26-27,37H,2,6,8-10,12-25H2,3-4H3;2H2,1H3,(H,4,5);/q-3;;+3/b11-7-;;. The van der Waals surface area contributed by atoms with E-state index in [2.05, 4.69) is 40.8 Å². The fourth-order valence-electron chi connectivity index (χ4n) is 4.60. The van der Waals surface area contributed by atoms with Crippen LogP contribution in [0.15, 0.2) is 18.4 Å². The van der Waals surface area contributed by atoms with Crippen molar-refractivity contribution in [2.45, 2.75) is 65.0 Å². The molecule has 0 aliphatic carbocycles. The first kappa shape index (κ1) is 45.6. The molecule has 0 bridgehead atoms. The summed E-state index contributed by atoms with van der Waals surface area (Å²) in [6, 6.07) is 0.975. The average molecular weight is 886 g/mol. The molecule has 14 nitrogen and oxygen atoms in total. The fraction of sp³-hybridized carbons (Fsp3) is 0.743. The molecule has 0 aromatic carbocycles. The first-order chi connectivity index (χ1) is 23.4. The number of allylic oxidation sites excluding steroid dienone is 2. The van der Waals surface area contributed by atoms with Crippen LogP contribution in [0.4, 0.5) is 0 Å². The molecule has 3 saturated heterocycles. The molecule has 0 aromatic rings. The molecule has 0 amide bonds. The molecule has 0 aromatic heterocycles. The molecule has 0 radical (unpaired) electrons. The van der Waals surface area contributed by atoms with Gasteiger partial charge in [-0.1, -0.05) is 6.92 Å². The van der Waals surface area contributed by atoms with Crippen molar-refractivity contribution in [1.29, 1.82) is 0 Å². The molecule has 3 fully saturated rings. The Bertz CT molecular complexity index is 1090. The first-order valence-electron chi connectivity index (χ1n) is 17.1. The summed E-state index contributed by atoms with van der Waals surface area (Å²) in [4.78, 5) is 53.3. The molecule has 50 heavy (non-hydrogen) atoms. The molecule has 3 rings (SSSR count). The number of aliphatic hydroxyl groups is 1. The molecule has 6 unspecified atom stereocenters. The molecule has 0 spiro atoms. The minimum atomic E-state index is -1.18. The van der Waals surface area contributed by atoms with Crippen molar-refractivity contribution < 1.29 is 68.4 Å². The second kappa shape index (κ2) is 24.0. The quantitative estimate of drug-likeness (QED) is 0.0427. The van der Waals surface area contributed by atoms with Crippen LogP contribution in [-0.4, -0.2) is 153 Å². The van der Waals surface area contributed by atoms with Crippen LogP contribution in [0, 0.1) is 24.3 Å². The van der Waals surface area contributed by atoms with E-state index in [0.29, 0.717) is 38.1 Å². The van der Waals surface area contributed by atoms with E-state index < -0.39 is 35.3 Å². The molecule has 3 heterocycles. The predicted molar refractivity (Wildman–Crippen MR) is 182 cm³/mol. The Kier molecular flexibility index (Phi) is 21.9. The summed E-state index contributed by atoms with van der Waals surface area (Å²) in [5, 5.41) is 22.6. The molecule has 15 heteroatoms. The van der Waals surface area contributed by atoms with Gasteiger partial charge in [-0.2, -0.15) is 6.42 Å². The van der Waals surface area contributed by atoms with Gasteiger partial charge in [0.2, 0.25) is 0 Å². The zero-order valence-electron chi connectivity index (χ0n) is 29.9. The van der Waals surface area contributed by atoms with Gasteiger partial charge in [0.25, 0.3) is 0 Å². The molecule has 0 saturated carbocycles. The topological polar surface area (TPSA) is 169 Å². The Morgan fingerprint density at radius 3 is 1.68 bits per heavy atom. The van der Waals surface area contributed by atoms with Crippen LogP contribution < -0.4 is 0 Å². The van der Waals surface area contributed by atoms with Crippen molar-refractivity contribution in [3.63, 3.8) is 0 Å². The number of aliphatic hydroxyl groups excluding tert-OH is 1. The summed E-state index contributed by atoms with van der Waals surface area (Å²) in [6.45, 7) is 20.6. The zero-order valence-corrected chi connectivity index (χ0v) is 32.3. The first-order valence-corrected chi connectivity index (χ1v) is 17.1. The molecule has 3 aliphatic rings. The van der Waals surface area contributed by atoms with Crippen molar-refractivity contribution in [2.24, 2.45) is 10.8 Å². The van der Waals surface area contributed by atoms with E-state index in [1.807, 2.05) is 0 Å². The van der Waals surface area contributed by atoms with Gasteiger partial charge < -0.3 is 46.3 Å². The van der Waals surface area contributed by atoms with E-state index in [9.17, 15) is 24.3 Å². The van der Waals surface area contributed by atoms with Crippen LogP contribution in [0.1, 0.15) is 52.9 Å². The number of nitrogens with zero attached hydrogens (tertiary/aromatic N) is 4.